The van der Waals surface area contributed by atoms with Gasteiger partial charge < -0.3 is 5.73 Å². The van der Waals surface area contributed by atoms with Gasteiger partial charge in [0, 0.05) is 37.1 Å². The molecular formula is C37H29ClF8N8O4S. The Morgan fingerprint density at radius 1 is 1.08 bits per heavy atom. The fourth-order valence-corrected chi connectivity index (χ4v) is 8.91. The van der Waals surface area contributed by atoms with E-state index in [4.69, 9.17) is 17.3 Å². The van der Waals surface area contributed by atoms with Crippen molar-refractivity contribution in [3.05, 3.63) is 109 Å². The predicted molar refractivity (Wildman–Crippen MR) is 198 cm³/mol. The first-order valence-corrected chi connectivity index (χ1v) is 19.9. The zero-order chi connectivity index (χ0) is 42.8. The minimum atomic E-state index is -4.00. The fourth-order valence-electron chi connectivity index (χ4n) is 8.17. The predicted octanol–water partition coefficient (Wildman–Crippen LogP) is 7.08. The summed E-state index contributed by atoms with van der Waals surface area (Å²) in [5.41, 5.74) is 0.755. The number of aryl methyl sites for hydroxylation is 1. The summed E-state index contributed by atoms with van der Waals surface area (Å²) in [6.07, 6.45) is -3.50. The van der Waals surface area contributed by atoms with Crippen LogP contribution in [0.3, 0.4) is 0 Å². The van der Waals surface area contributed by atoms with E-state index in [-0.39, 0.29) is 44.8 Å². The van der Waals surface area contributed by atoms with Crippen molar-refractivity contribution >= 4 is 55.2 Å². The van der Waals surface area contributed by atoms with Crippen LogP contribution in [0.15, 0.2) is 53.3 Å². The van der Waals surface area contributed by atoms with Gasteiger partial charge in [-0.15, -0.1) is 0 Å². The molecule has 0 radical (unpaired) electrons. The first kappa shape index (κ1) is 40.2. The molecule has 1 saturated carbocycles. The zero-order valence-electron chi connectivity index (χ0n) is 30.6. The summed E-state index contributed by atoms with van der Waals surface area (Å²) in [5.74, 6) is -16.3. The summed E-state index contributed by atoms with van der Waals surface area (Å²) in [7, 11) is -2.66. The van der Waals surface area contributed by atoms with Gasteiger partial charge in [-0.05, 0) is 60.7 Å². The second-order valence-electron chi connectivity index (χ2n) is 14.8. The number of hydrogen-bond acceptors (Lipinski definition) is 7. The summed E-state index contributed by atoms with van der Waals surface area (Å²) in [6, 6.07) is 5.23. The summed E-state index contributed by atoms with van der Waals surface area (Å²) < 4.78 is 150. The van der Waals surface area contributed by atoms with Crippen molar-refractivity contribution in [2.24, 2.45) is 18.7 Å². The molecule has 1 fully saturated rings. The van der Waals surface area contributed by atoms with Crippen molar-refractivity contribution in [2.45, 2.75) is 55.9 Å². The zero-order valence-corrected chi connectivity index (χ0v) is 32.2. The van der Waals surface area contributed by atoms with E-state index < -0.39 is 115 Å². The molecule has 1 amide bonds. The van der Waals surface area contributed by atoms with Crippen LogP contribution in [-0.4, -0.2) is 49.7 Å². The number of benzene rings is 3. The Hall–Kier alpha value is -5.57. The van der Waals surface area contributed by atoms with Crippen LogP contribution in [0.2, 0.25) is 5.02 Å². The average Bonchev–Trinajstić information content (AvgIpc) is 3.64. The summed E-state index contributed by atoms with van der Waals surface area (Å²) >= 11 is 6.56. The molecule has 12 nitrogen and oxygen atoms in total. The normalized spacial score (nSPS) is 18.3. The Morgan fingerprint density at radius 2 is 1.76 bits per heavy atom. The van der Waals surface area contributed by atoms with Gasteiger partial charge in [-0.2, -0.15) is 19.0 Å². The number of halogens is 9. The number of anilines is 1. The number of nitrogens with one attached hydrogen (secondary N) is 1. The molecule has 1 unspecified atom stereocenters. The molecule has 0 bridgehead atoms. The monoisotopic (exact) mass is 868 g/mol. The SMILES string of the molecule is Cn1nc(NS(C)(=O)=O)c2c(Cl)ccc(-n3c([C@@H](Cc4cc(F)cc(F)c4)C(C(N)=O)n4nc(C(F)F)c5c4C(F)(F)[C@@H]4C[C@H]54)nc4cc(C(C)(F)F)ccc4c3=O)c21. The van der Waals surface area contributed by atoms with Crippen LogP contribution >= 0.6 is 11.6 Å². The number of amides is 1. The second kappa shape index (κ2) is 13.5. The van der Waals surface area contributed by atoms with E-state index in [1.807, 2.05) is 0 Å². The molecule has 3 N–H and O–H groups in total. The molecule has 3 aromatic heterocycles. The third kappa shape index (κ3) is 6.67. The second-order valence-corrected chi connectivity index (χ2v) is 16.9. The third-order valence-corrected chi connectivity index (χ3v) is 11.5. The summed E-state index contributed by atoms with van der Waals surface area (Å²) in [4.78, 5) is 33.3. The van der Waals surface area contributed by atoms with Gasteiger partial charge in [-0.25, -0.2) is 44.4 Å². The quantitative estimate of drug-likeness (QED) is 0.132. The Morgan fingerprint density at radius 3 is 2.37 bits per heavy atom. The highest BCUT2D eigenvalue weighted by Gasteiger charge is 2.67. The maximum absolute atomic E-state index is 16.1. The van der Waals surface area contributed by atoms with Crippen molar-refractivity contribution in [3.63, 3.8) is 0 Å². The van der Waals surface area contributed by atoms with Crippen LogP contribution in [0, 0.1) is 17.6 Å². The molecule has 0 saturated heterocycles. The number of carbonyl (C=O) groups is 1. The van der Waals surface area contributed by atoms with Crippen LogP contribution in [0.1, 0.15) is 71.6 Å². The van der Waals surface area contributed by atoms with E-state index in [0.717, 1.165) is 45.8 Å². The number of fused-ring (bicyclic) bond motifs is 5. The maximum atomic E-state index is 16.1. The highest BCUT2D eigenvalue weighted by Crippen LogP contribution is 2.68. The van der Waals surface area contributed by atoms with Gasteiger partial charge >= 0.3 is 0 Å². The molecule has 59 heavy (non-hydrogen) atoms. The standard InChI is InChI=1S/C37H29ClF8N8O4S/c1-36(43,44)15-4-5-18-23(11-15)48-34(53(35(18)56)24-7-6-22(38)26-29(24)52(2)50-33(26)51-59(3,57)58)20(10-14-8-16(39)12-17(40)9-14)28(32(47)55)54-30-25(27(49-54)31(41)42)19-13-21(19)37(30,45)46/h4-9,11-12,19-21,28,31H,10,13H2,1-3H3,(H2,47,55)(H,50,51)/t19-,20-,21+,28?/m0/s1. The van der Waals surface area contributed by atoms with Crippen LogP contribution in [0.25, 0.3) is 27.5 Å². The molecule has 0 aliphatic heterocycles. The molecule has 22 heteroatoms. The molecule has 310 valence electrons. The third-order valence-electron chi connectivity index (χ3n) is 10.6. The van der Waals surface area contributed by atoms with Crippen molar-refractivity contribution in [1.82, 2.24) is 29.1 Å². The number of sulfonamides is 1. The molecule has 3 heterocycles. The lowest BCUT2D eigenvalue weighted by Gasteiger charge is -2.30. The summed E-state index contributed by atoms with van der Waals surface area (Å²) in [5, 5.41) is 7.56. The van der Waals surface area contributed by atoms with Gasteiger partial charge in [0.05, 0.1) is 44.7 Å². The minimum Gasteiger partial charge on any atom is -0.368 e. The first-order chi connectivity index (χ1) is 27.5. The van der Waals surface area contributed by atoms with Gasteiger partial charge in [0.25, 0.3) is 23.8 Å². The van der Waals surface area contributed by atoms with Crippen LogP contribution in [0.4, 0.5) is 40.9 Å². The number of hydrogen-bond donors (Lipinski definition) is 2. The average molecular weight is 869 g/mol. The topological polar surface area (TPSA) is 160 Å². The molecule has 0 spiro atoms. The van der Waals surface area contributed by atoms with E-state index in [0.29, 0.717) is 17.7 Å². The van der Waals surface area contributed by atoms with Gasteiger partial charge in [0.15, 0.2) is 5.82 Å². The van der Waals surface area contributed by atoms with Gasteiger partial charge in [0.1, 0.15) is 34.9 Å². The first-order valence-electron chi connectivity index (χ1n) is 17.6. The Labute approximate surface area is 332 Å². The lowest BCUT2D eigenvalue weighted by atomic mass is 9.89. The molecule has 2 aliphatic rings. The maximum Gasteiger partial charge on any atom is 0.293 e. The molecule has 4 atom stereocenters. The fraction of sp³-hybridized carbons (Fsp3) is 0.324. The number of nitrogens with two attached hydrogens (primary N) is 1. The van der Waals surface area contributed by atoms with Gasteiger partial charge in [-0.3, -0.25) is 23.6 Å². The summed E-state index contributed by atoms with van der Waals surface area (Å²) in [6.45, 7) is 0.569. The Kier molecular flexibility index (Phi) is 9.19. The van der Waals surface area contributed by atoms with Crippen LogP contribution in [0.5, 0.6) is 0 Å². The van der Waals surface area contributed by atoms with E-state index in [2.05, 4.69) is 19.9 Å². The largest absolute Gasteiger partial charge is 0.368 e. The molecule has 6 aromatic rings. The number of carbonyl (C=O) groups excluding carboxylic acids is 1. The number of alkyl halides is 6. The van der Waals surface area contributed by atoms with Crippen LogP contribution < -0.4 is 16.0 Å². The van der Waals surface area contributed by atoms with Crippen molar-refractivity contribution < 1.29 is 48.3 Å². The van der Waals surface area contributed by atoms with Crippen molar-refractivity contribution in [1.29, 1.82) is 0 Å². The molecule has 3 aromatic carbocycles. The van der Waals surface area contributed by atoms with Crippen molar-refractivity contribution in [3.8, 4) is 5.69 Å². The molecular weight excluding hydrogens is 840 g/mol. The number of primary amides is 1. The molecule has 8 rings (SSSR count). The van der Waals surface area contributed by atoms with E-state index in [1.165, 1.54) is 19.2 Å². The smallest absolute Gasteiger partial charge is 0.293 e. The van der Waals surface area contributed by atoms with Gasteiger partial charge in [0.2, 0.25) is 15.9 Å². The lowest BCUT2D eigenvalue weighted by molar-refractivity contribution is -0.122. The van der Waals surface area contributed by atoms with Crippen molar-refractivity contribution in [2.75, 3.05) is 11.0 Å². The van der Waals surface area contributed by atoms with E-state index >= 15 is 8.78 Å². The lowest BCUT2D eigenvalue weighted by Crippen LogP contribution is -2.39. The van der Waals surface area contributed by atoms with E-state index in [1.54, 1.807) is 0 Å². The highest BCUT2D eigenvalue weighted by atomic mass is 35.5. The highest BCUT2D eigenvalue weighted by molar-refractivity contribution is 7.92. The van der Waals surface area contributed by atoms with E-state index in [9.17, 15) is 44.3 Å². The van der Waals surface area contributed by atoms with Gasteiger partial charge in [-0.1, -0.05) is 17.7 Å². The minimum absolute atomic E-state index is 0.0670. The Bertz CT molecular complexity index is 2930. The molecule has 2 aliphatic carbocycles. The Balaban J connectivity index is 1.51. The van der Waals surface area contributed by atoms with Crippen LogP contribution in [-0.2, 0) is 40.1 Å². The number of nitrogens with zero attached hydrogens (tertiary/aromatic N) is 6. The number of aromatic nitrogens is 6. The number of rotatable bonds is 11.